The van der Waals surface area contributed by atoms with E-state index < -0.39 is 11.9 Å². The molecule has 2 unspecified atom stereocenters. The van der Waals surface area contributed by atoms with Crippen molar-refractivity contribution < 1.29 is 14.2 Å². The first-order chi connectivity index (χ1) is 7.13. The summed E-state index contributed by atoms with van der Waals surface area (Å²) in [5.74, 6) is -0.195. The van der Waals surface area contributed by atoms with Crippen molar-refractivity contribution in [2.24, 2.45) is 5.92 Å². The lowest BCUT2D eigenvalue weighted by Crippen LogP contribution is -2.09. The molecule has 0 spiro atoms. The number of aromatic nitrogens is 1. The van der Waals surface area contributed by atoms with Gasteiger partial charge in [0, 0.05) is 25.5 Å². The van der Waals surface area contributed by atoms with Gasteiger partial charge in [-0.05, 0) is 18.4 Å². The van der Waals surface area contributed by atoms with Gasteiger partial charge in [-0.2, -0.15) is 0 Å². The lowest BCUT2D eigenvalue weighted by Gasteiger charge is -2.15. The van der Waals surface area contributed by atoms with Gasteiger partial charge in [-0.3, -0.25) is 4.98 Å². The number of halogens is 1. The Kier molecular flexibility index (Phi) is 4.65. The molecular formula is C11H16FNO2. The lowest BCUT2D eigenvalue weighted by molar-refractivity contribution is 0.101. The van der Waals surface area contributed by atoms with E-state index in [-0.39, 0.29) is 5.92 Å². The number of rotatable bonds is 5. The van der Waals surface area contributed by atoms with Gasteiger partial charge in [-0.1, -0.05) is 6.92 Å². The summed E-state index contributed by atoms with van der Waals surface area (Å²) in [4.78, 5) is 3.69. The van der Waals surface area contributed by atoms with Crippen molar-refractivity contribution in [2.45, 2.75) is 19.4 Å². The highest BCUT2D eigenvalue weighted by Gasteiger charge is 2.13. The Balaban J connectivity index is 2.56. The van der Waals surface area contributed by atoms with Crippen LogP contribution in [0.15, 0.2) is 18.5 Å². The smallest absolute Gasteiger partial charge is 0.141 e. The fourth-order valence-electron chi connectivity index (χ4n) is 1.48. The molecule has 2 atom stereocenters. The third-order valence-electron chi connectivity index (χ3n) is 2.19. The maximum Gasteiger partial charge on any atom is 0.141 e. The molecule has 0 fully saturated rings. The zero-order valence-electron chi connectivity index (χ0n) is 8.98. The monoisotopic (exact) mass is 213 g/mol. The molecule has 1 heterocycles. The quantitative estimate of drug-likeness (QED) is 0.812. The highest BCUT2D eigenvalue weighted by atomic mass is 19.1. The molecule has 15 heavy (non-hydrogen) atoms. The molecule has 0 bridgehead atoms. The number of nitrogens with zero attached hydrogens (tertiary/aromatic N) is 1. The Morgan fingerprint density at radius 1 is 1.53 bits per heavy atom. The van der Waals surface area contributed by atoms with Crippen LogP contribution in [0.25, 0.3) is 0 Å². The average Bonchev–Trinajstić information content (AvgIpc) is 2.18. The largest absolute Gasteiger partial charge is 0.388 e. The van der Waals surface area contributed by atoms with Gasteiger partial charge < -0.3 is 9.84 Å². The number of aliphatic hydroxyl groups is 1. The number of methoxy groups -OCH3 is 1. The van der Waals surface area contributed by atoms with Crippen LogP contribution in [0.3, 0.4) is 0 Å². The summed E-state index contributed by atoms with van der Waals surface area (Å²) >= 11 is 0. The molecule has 0 saturated carbocycles. The number of pyridine rings is 1. The van der Waals surface area contributed by atoms with Crippen molar-refractivity contribution in [1.29, 1.82) is 0 Å². The van der Waals surface area contributed by atoms with E-state index in [9.17, 15) is 9.50 Å². The van der Waals surface area contributed by atoms with Crippen LogP contribution < -0.4 is 0 Å². The van der Waals surface area contributed by atoms with E-state index in [0.717, 1.165) is 6.20 Å². The maximum absolute atomic E-state index is 12.8. The predicted molar refractivity (Wildman–Crippen MR) is 54.8 cm³/mol. The molecule has 0 aliphatic heterocycles. The maximum atomic E-state index is 12.8. The normalized spacial score (nSPS) is 14.9. The molecule has 84 valence electrons. The molecular weight excluding hydrogens is 197 g/mol. The van der Waals surface area contributed by atoms with Crippen LogP contribution in [-0.2, 0) is 4.74 Å². The zero-order valence-corrected chi connectivity index (χ0v) is 8.98. The van der Waals surface area contributed by atoms with Crippen molar-refractivity contribution in [3.8, 4) is 0 Å². The summed E-state index contributed by atoms with van der Waals surface area (Å²) in [5, 5.41) is 9.78. The molecule has 1 N–H and O–H groups in total. The standard InChI is InChI=1S/C11H16FNO2/c1-8(7-15-2)3-11(14)9-4-10(12)6-13-5-9/h4-6,8,11,14H,3,7H2,1-2H3. The highest BCUT2D eigenvalue weighted by molar-refractivity contribution is 5.13. The van der Waals surface area contributed by atoms with Crippen LogP contribution in [0.4, 0.5) is 4.39 Å². The number of aliphatic hydroxyl groups excluding tert-OH is 1. The number of hydrogen-bond donors (Lipinski definition) is 1. The van der Waals surface area contributed by atoms with Crippen LogP contribution in [0, 0.1) is 11.7 Å². The van der Waals surface area contributed by atoms with E-state index in [0.29, 0.717) is 18.6 Å². The van der Waals surface area contributed by atoms with E-state index in [1.54, 1.807) is 7.11 Å². The van der Waals surface area contributed by atoms with Crippen molar-refractivity contribution in [2.75, 3.05) is 13.7 Å². The average molecular weight is 213 g/mol. The molecule has 0 amide bonds. The molecule has 0 aliphatic rings. The summed E-state index contributed by atoms with van der Waals surface area (Å²) in [7, 11) is 1.62. The van der Waals surface area contributed by atoms with Gasteiger partial charge in [-0.25, -0.2) is 4.39 Å². The van der Waals surface area contributed by atoms with Gasteiger partial charge in [-0.15, -0.1) is 0 Å². The lowest BCUT2D eigenvalue weighted by atomic mass is 10.00. The summed E-state index contributed by atoms with van der Waals surface area (Å²) in [5.41, 5.74) is 0.512. The molecule has 3 nitrogen and oxygen atoms in total. The zero-order chi connectivity index (χ0) is 11.3. The van der Waals surface area contributed by atoms with Crippen LogP contribution in [0.5, 0.6) is 0 Å². The molecule has 0 radical (unpaired) electrons. The van der Waals surface area contributed by atoms with Gasteiger partial charge in [0.15, 0.2) is 0 Å². The van der Waals surface area contributed by atoms with Crippen LogP contribution in [0.2, 0.25) is 0 Å². The first kappa shape index (κ1) is 12.1. The van der Waals surface area contributed by atoms with Crippen LogP contribution in [0.1, 0.15) is 25.0 Å². The fraction of sp³-hybridized carbons (Fsp3) is 0.545. The second-order valence-electron chi connectivity index (χ2n) is 3.75. The van der Waals surface area contributed by atoms with Gasteiger partial charge in [0.05, 0.1) is 12.3 Å². The third kappa shape index (κ3) is 3.93. The van der Waals surface area contributed by atoms with Crippen molar-refractivity contribution >= 4 is 0 Å². The molecule has 1 rings (SSSR count). The minimum atomic E-state index is -0.682. The van der Waals surface area contributed by atoms with E-state index in [2.05, 4.69) is 4.98 Å². The number of hydrogen-bond acceptors (Lipinski definition) is 3. The van der Waals surface area contributed by atoms with Gasteiger partial charge in [0.2, 0.25) is 0 Å². The molecule has 1 aromatic heterocycles. The Labute approximate surface area is 88.9 Å². The Hall–Kier alpha value is -1.00. The molecule has 4 heteroatoms. The van der Waals surface area contributed by atoms with Crippen LogP contribution in [-0.4, -0.2) is 23.8 Å². The van der Waals surface area contributed by atoms with E-state index in [1.165, 1.54) is 12.3 Å². The Morgan fingerprint density at radius 2 is 2.27 bits per heavy atom. The summed E-state index contributed by atoms with van der Waals surface area (Å²) in [6.45, 7) is 2.55. The van der Waals surface area contributed by atoms with Crippen molar-refractivity contribution in [3.63, 3.8) is 0 Å². The van der Waals surface area contributed by atoms with E-state index >= 15 is 0 Å². The van der Waals surface area contributed by atoms with E-state index in [4.69, 9.17) is 4.74 Å². The summed E-state index contributed by atoms with van der Waals surface area (Å²) in [6.07, 6.45) is 2.46. The second kappa shape index (κ2) is 5.78. The second-order valence-corrected chi connectivity index (χ2v) is 3.75. The first-order valence-electron chi connectivity index (χ1n) is 4.91. The van der Waals surface area contributed by atoms with E-state index in [1.807, 2.05) is 6.92 Å². The Morgan fingerprint density at radius 3 is 2.87 bits per heavy atom. The molecule has 0 aliphatic carbocycles. The Bertz CT molecular complexity index is 306. The highest BCUT2D eigenvalue weighted by Crippen LogP contribution is 2.20. The molecule has 0 aromatic carbocycles. The predicted octanol–water partition coefficient (Wildman–Crippen LogP) is 1.93. The summed E-state index contributed by atoms with van der Waals surface area (Å²) in [6, 6.07) is 1.30. The first-order valence-corrected chi connectivity index (χ1v) is 4.91. The molecule has 0 saturated heterocycles. The minimum Gasteiger partial charge on any atom is -0.388 e. The molecule has 1 aromatic rings. The topological polar surface area (TPSA) is 42.4 Å². The van der Waals surface area contributed by atoms with Crippen molar-refractivity contribution in [3.05, 3.63) is 29.8 Å². The fourth-order valence-corrected chi connectivity index (χ4v) is 1.48. The van der Waals surface area contributed by atoms with Gasteiger partial charge in [0.25, 0.3) is 0 Å². The minimum absolute atomic E-state index is 0.230. The van der Waals surface area contributed by atoms with Gasteiger partial charge in [0.1, 0.15) is 5.82 Å². The third-order valence-corrected chi connectivity index (χ3v) is 2.19. The number of ether oxygens (including phenoxy) is 1. The SMILES string of the molecule is COCC(C)CC(O)c1cncc(F)c1. The van der Waals surface area contributed by atoms with Crippen LogP contribution >= 0.6 is 0 Å². The van der Waals surface area contributed by atoms with Crippen molar-refractivity contribution in [1.82, 2.24) is 4.98 Å². The summed E-state index contributed by atoms with van der Waals surface area (Å²) < 4.78 is 17.8. The van der Waals surface area contributed by atoms with Gasteiger partial charge >= 0.3 is 0 Å².